The van der Waals surface area contributed by atoms with Crippen LogP contribution in [0, 0.1) is 0 Å². The van der Waals surface area contributed by atoms with Crippen molar-refractivity contribution in [3.63, 3.8) is 0 Å². The second-order valence-electron chi connectivity index (χ2n) is 3.88. The summed E-state index contributed by atoms with van der Waals surface area (Å²) in [7, 11) is 1.82. The van der Waals surface area contributed by atoms with E-state index in [1.807, 2.05) is 14.0 Å². The third-order valence-corrected chi connectivity index (χ3v) is 2.80. The van der Waals surface area contributed by atoms with Crippen molar-refractivity contribution in [1.82, 2.24) is 4.90 Å². The minimum atomic E-state index is -0.208. The Balaban J connectivity index is 2.42. The lowest BCUT2D eigenvalue weighted by atomic mass is 10.1. The number of carbonyl (C=O) groups excluding carboxylic acids is 1. The highest BCUT2D eigenvalue weighted by Crippen LogP contribution is 2.15. The van der Waals surface area contributed by atoms with E-state index in [0.29, 0.717) is 6.54 Å². The quantitative estimate of drug-likeness (QED) is 0.713. The number of nitrogens with two attached hydrogens (primary N) is 1. The van der Waals surface area contributed by atoms with Gasteiger partial charge in [0.05, 0.1) is 0 Å². The normalized spacial score (nSPS) is 23.5. The molecule has 0 aliphatic carbocycles. The summed E-state index contributed by atoms with van der Waals surface area (Å²) in [4.78, 5) is 13.6. The van der Waals surface area contributed by atoms with Gasteiger partial charge in [-0.25, -0.2) is 0 Å². The van der Waals surface area contributed by atoms with Crippen molar-refractivity contribution < 1.29 is 9.53 Å². The lowest BCUT2D eigenvalue weighted by Gasteiger charge is -2.26. The molecule has 1 amide bonds. The Morgan fingerprint density at radius 2 is 2.43 bits per heavy atom. The Morgan fingerprint density at radius 1 is 1.71 bits per heavy atom. The zero-order valence-corrected chi connectivity index (χ0v) is 9.03. The van der Waals surface area contributed by atoms with Gasteiger partial charge in [-0.3, -0.25) is 4.79 Å². The minimum Gasteiger partial charge on any atom is -0.368 e. The molecule has 1 heterocycles. The number of likely N-dealkylation sites (N-methyl/N-ethyl adjacent to an activating group) is 1. The molecule has 1 aliphatic rings. The van der Waals surface area contributed by atoms with Crippen LogP contribution < -0.4 is 5.73 Å². The monoisotopic (exact) mass is 200 g/mol. The summed E-state index contributed by atoms with van der Waals surface area (Å²) in [5, 5.41) is 0. The molecule has 1 saturated heterocycles. The van der Waals surface area contributed by atoms with Crippen molar-refractivity contribution in [3.8, 4) is 0 Å². The van der Waals surface area contributed by atoms with Crippen LogP contribution in [-0.4, -0.2) is 43.2 Å². The number of carbonyl (C=O) groups is 1. The van der Waals surface area contributed by atoms with Crippen molar-refractivity contribution in [1.29, 1.82) is 0 Å². The van der Waals surface area contributed by atoms with Gasteiger partial charge in [-0.15, -0.1) is 0 Å². The molecule has 2 unspecified atom stereocenters. The Hall–Kier alpha value is -0.610. The molecule has 2 atom stereocenters. The van der Waals surface area contributed by atoms with E-state index in [2.05, 4.69) is 0 Å². The van der Waals surface area contributed by atoms with Crippen LogP contribution in [0.4, 0.5) is 0 Å². The van der Waals surface area contributed by atoms with Crippen LogP contribution in [0.2, 0.25) is 0 Å². The summed E-state index contributed by atoms with van der Waals surface area (Å²) in [6, 6.07) is 0.205. The summed E-state index contributed by atoms with van der Waals surface area (Å²) in [5.74, 6) is 0.100. The standard InChI is InChI=1S/C10H20N2O2/c1-8(5-6-11)12(2)10(13)9-4-3-7-14-9/h8-9H,3-7,11H2,1-2H3. The molecule has 0 radical (unpaired) electrons. The van der Waals surface area contributed by atoms with Gasteiger partial charge in [-0.1, -0.05) is 0 Å². The van der Waals surface area contributed by atoms with Gasteiger partial charge in [-0.05, 0) is 32.7 Å². The van der Waals surface area contributed by atoms with Crippen LogP contribution in [0.3, 0.4) is 0 Å². The molecule has 4 nitrogen and oxygen atoms in total. The first-order valence-electron chi connectivity index (χ1n) is 5.25. The molecule has 1 fully saturated rings. The van der Waals surface area contributed by atoms with Crippen LogP contribution >= 0.6 is 0 Å². The Bertz CT molecular complexity index is 191. The fraction of sp³-hybridized carbons (Fsp3) is 0.900. The van der Waals surface area contributed by atoms with E-state index in [-0.39, 0.29) is 18.1 Å². The average Bonchev–Trinajstić information content (AvgIpc) is 2.68. The molecular weight excluding hydrogens is 180 g/mol. The number of ether oxygens (including phenoxy) is 1. The fourth-order valence-corrected chi connectivity index (χ4v) is 1.65. The lowest BCUT2D eigenvalue weighted by Crippen LogP contribution is -2.42. The predicted octanol–water partition coefficient (Wildman–Crippen LogP) is 0.361. The van der Waals surface area contributed by atoms with E-state index in [1.54, 1.807) is 4.90 Å². The number of hydrogen-bond donors (Lipinski definition) is 1. The van der Waals surface area contributed by atoms with Gasteiger partial charge in [-0.2, -0.15) is 0 Å². The minimum absolute atomic E-state index is 0.100. The van der Waals surface area contributed by atoms with Crippen molar-refractivity contribution in [2.75, 3.05) is 20.2 Å². The second-order valence-corrected chi connectivity index (χ2v) is 3.88. The molecule has 82 valence electrons. The lowest BCUT2D eigenvalue weighted by molar-refractivity contribution is -0.141. The molecule has 1 rings (SSSR count). The first-order chi connectivity index (χ1) is 6.66. The van der Waals surface area contributed by atoms with Gasteiger partial charge in [0.2, 0.25) is 0 Å². The van der Waals surface area contributed by atoms with E-state index < -0.39 is 0 Å². The third kappa shape index (κ3) is 2.69. The molecule has 2 N–H and O–H groups in total. The maximum absolute atomic E-state index is 11.8. The highest BCUT2D eigenvalue weighted by Gasteiger charge is 2.28. The van der Waals surface area contributed by atoms with Gasteiger partial charge in [0.15, 0.2) is 0 Å². The zero-order chi connectivity index (χ0) is 10.6. The fourth-order valence-electron chi connectivity index (χ4n) is 1.65. The van der Waals surface area contributed by atoms with Gasteiger partial charge in [0.25, 0.3) is 5.91 Å². The molecule has 0 saturated carbocycles. The topological polar surface area (TPSA) is 55.6 Å². The Morgan fingerprint density at radius 3 is 2.93 bits per heavy atom. The number of rotatable bonds is 4. The zero-order valence-electron chi connectivity index (χ0n) is 9.03. The van der Waals surface area contributed by atoms with Gasteiger partial charge < -0.3 is 15.4 Å². The predicted molar refractivity (Wildman–Crippen MR) is 54.9 cm³/mol. The SMILES string of the molecule is CC(CCN)N(C)C(=O)C1CCCO1. The summed E-state index contributed by atoms with van der Waals surface area (Å²) in [6.45, 7) is 3.35. The van der Waals surface area contributed by atoms with E-state index in [4.69, 9.17) is 10.5 Å². The number of hydrogen-bond acceptors (Lipinski definition) is 3. The number of nitrogens with zero attached hydrogens (tertiary/aromatic N) is 1. The average molecular weight is 200 g/mol. The molecular formula is C10H20N2O2. The van der Waals surface area contributed by atoms with Crippen LogP contribution in [0.25, 0.3) is 0 Å². The van der Waals surface area contributed by atoms with Crippen LogP contribution in [0.5, 0.6) is 0 Å². The van der Waals surface area contributed by atoms with E-state index in [9.17, 15) is 4.79 Å². The second kappa shape index (κ2) is 5.32. The molecule has 0 bridgehead atoms. The van der Waals surface area contributed by atoms with Crippen molar-refractivity contribution in [2.24, 2.45) is 5.73 Å². The number of amides is 1. The molecule has 1 aliphatic heterocycles. The van der Waals surface area contributed by atoms with Crippen molar-refractivity contribution in [2.45, 2.75) is 38.3 Å². The summed E-state index contributed by atoms with van der Waals surface area (Å²) in [6.07, 6.45) is 2.49. The van der Waals surface area contributed by atoms with E-state index in [1.165, 1.54) is 0 Å². The van der Waals surface area contributed by atoms with Crippen LogP contribution in [0.1, 0.15) is 26.2 Å². The maximum atomic E-state index is 11.8. The maximum Gasteiger partial charge on any atom is 0.251 e. The van der Waals surface area contributed by atoms with E-state index >= 15 is 0 Å². The highest BCUT2D eigenvalue weighted by atomic mass is 16.5. The summed E-state index contributed by atoms with van der Waals surface area (Å²) < 4.78 is 5.34. The van der Waals surface area contributed by atoms with Crippen molar-refractivity contribution in [3.05, 3.63) is 0 Å². The van der Waals surface area contributed by atoms with Crippen LogP contribution in [0.15, 0.2) is 0 Å². The summed E-state index contributed by atoms with van der Waals surface area (Å²) in [5.41, 5.74) is 5.45. The Kier molecular flexibility index (Phi) is 4.35. The van der Waals surface area contributed by atoms with Gasteiger partial charge in [0, 0.05) is 19.7 Å². The summed E-state index contributed by atoms with van der Waals surface area (Å²) >= 11 is 0. The first kappa shape index (κ1) is 11.5. The third-order valence-electron chi connectivity index (χ3n) is 2.80. The molecule has 4 heteroatoms. The first-order valence-corrected chi connectivity index (χ1v) is 5.25. The molecule has 0 aromatic carbocycles. The van der Waals surface area contributed by atoms with Crippen LogP contribution in [-0.2, 0) is 9.53 Å². The molecule has 0 aromatic heterocycles. The van der Waals surface area contributed by atoms with E-state index in [0.717, 1.165) is 25.9 Å². The largest absolute Gasteiger partial charge is 0.368 e. The molecule has 14 heavy (non-hydrogen) atoms. The van der Waals surface area contributed by atoms with Gasteiger partial charge in [0.1, 0.15) is 6.10 Å². The molecule has 0 aromatic rings. The Labute approximate surface area is 85.4 Å². The smallest absolute Gasteiger partial charge is 0.251 e. The van der Waals surface area contributed by atoms with Crippen molar-refractivity contribution >= 4 is 5.91 Å². The highest BCUT2D eigenvalue weighted by molar-refractivity contribution is 5.81. The van der Waals surface area contributed by atoms with Gasteiger partial charge >= 0.3 is 0 Å². The molecule has 0 spiro atoms.